The van der Waals surface area contributed by atoms with Crippen molar-refractivity contribution in [1.29, 1.82) is 0 Å². The Morgan fingerprint density at radius 1 is 1.33 bits per heavy atom. The van der Waals surface area contributed by atoms with Crippen molar-refractivity contribution >= 4 is 11.8 Å². The molecule has 0 spiro atoms. The van der Waals surface area contributed by atoms with Crippen LogP contribution in [0.25, 0.3) is 0 Å². The predicted octanol–water partition coefficient (Wildman–Crippen LogP) is 1.08. The average molecular weight is 250 g/mol. The van der Waals surface area contributed by atoms with Crippen molar-refractivity contribution in [2.45, 2.75) is 26.3 Å². The third-order valence-electron chi connectivity index (χ3n) is 2.53. The fourth-order valence-corrected chi connectivity index (χ4v) is 1.28. The van der Waals surface area contributed by atoms with E-state index < -0.39 is 5.91 Å². The first-order chi connectivity index (χ1) is 8.52. The van der Waals surface area contributed by atoms with E-state index in [1.807, 2.05) is 13.8 Å². The third-order valence-corrected chi connectivity index (χ3v) is 2.53. The van der Waals surface area contributed by atoms with E-state index in [0.717, 1.165) is 6.42 Å². The van der Waals surface area contributed by atoms with E-state index in [1.54, 1.807) is 24.3 Å². The van der Waals surface area contributed by atoms with E-state index in [1.165, 1.54) is 0 Å². The summed E-state index contributed by atoms with van der Waals surface area (Å²) < 4.78 is 5.28. The molecule has 5 heteroatoms. The van der Waals surface area contributed by atoms with Crippen LogP contribution < -0.4 is 15.8 Å². The maximum atomic E-state index is 11.5. The molecule has 0 radical (unpaired) electrons. The second-order valence-corrected chi connectivity index (χ2v) is 4.05. The fourth-order valence-electron chi connectivity index (χ4n) is 1.28. The number of benzene rings is 1. The highest BCUT2D eigenvalue weighted by Gasteiger charge is 2.06. The van der Waals surface area contributed by atoms with Gasteiger partial charge in [-0.3, -0.25) is 9.59 Å². The molecule has 0 aromatic heterocycles. The van der Waals surface area contributed by atoms with Crippen LogP contribution in [0.4, 0.5) is 0 Å². The zero-order chi connectivity index (χ0) is 13.5. The van der Waals surface area contributed by atoms with E-state index in [4.69, 9.17) is 10.5 Å². The molecule has 3 N–H and O–H groups in total. The van der Waals surface area contributed by atoms with Crippen molar-refractivity contribution in [3.8, 4) is 5.75 Å². The van der Waals surface area contributed by atoms with E-state index >= 15 is 0 Å². The number of amides is 2. The summed E-state index contributed by atoms with van der Waals surface area (Å²) in [6, 6.07) is 6.47. The van der Waals surface area contributed by atoms with Crippen LogP contribution in [0.3, 0.4) is 0 Å². The molecule has 1 atom stereocenters. The molecule has 0 fully saturated rings. The number of nitrogens with two attached hydrogens (primary N) is 1. The van der Waals surface area contributed by atoms with Gasteiger partial charge in [0, 0.05) is 11.6 Å². The Kier molecular flexibility index (Phi) is 5.17. The fraction of sp³-hybridized carbons (Fsp3) is 0.385. The standard InChI is InChI=1S/C13H18N2O3/c1-3-9(2)15-12(16)8-18-11-6-4-10(5-7-11)13(14)17/h4-7,9H,3,8H2,1-2H3,(H2,14,17)(H,15,16)/t9-/m1/s1. The van der Waals surface area contributed by atoms with Crippen molar-refractivity contribution in [2.75, 3.05) is 6.61 Å². The molecular formula is C13H18N2O3. The molecule has 0 aliphatic carbocycles. The second-order valence-electron chi connectivity index (χ2n) is 4.05. The monoisotopic (exact) mass is 250 g/mol. The number of hydrogen-bond donors (Lipinski definition) is 2. The molecule has 0 saturated carbocycles. The smallest absolute Gasteiger partial charge is 0.258 e. The first-order valence-electron chi connectivity index (χ1n) is 5.85. The summed E-state index contributed by atoms with van der Waals surface area (Å²) >= 11 is 0. The van der Waals surface area contributed by atoms with Gasteiger partial charge in [-0.15, -0.1) is 0 Å². The van der Waals surface area contributed by atoms with Crippen molar-refractivity contribution in [1.82, 2.24) is 5.32 Å². The van der Waals surface area contributed by atoms with Gasteiger partial charge >= 0.3 is 0 Å². The van der Waals surface area contributed by atoms with Crippen LogP contribution in [0.2, 0.25) is 0 Å². The van der Waals surface area contributed by atoms with E-state index in [-0.39, 0.29) is 18.6 Å². The molecule has 1 aromatic rings. The van der Waals surface area contributed by atoms with Gasteiger partial charge in [-0.2, -0.15) is 0 Å². The number of nitrogens with one attached hydrogen (secondary N) is 1. The molecule has 0 unspecified atom stereocenters. The largest absolute Gasteiger partial charge is 0.484 e. The molecule has 5 nitrogen and oxygen atoms in total. The SMILES string of the molecule is CC[C@@H](C)NC(=O)COc1ccc(C(N)=O)cc1. The number of carbonyl (C=O) groups is 2. The molecule has 0 heterocycles. The van der Waals surface area contributed by atoms with Gasteiger partial charge in [0.1, 0.15) is 5.75 Å². The molecule has 0 saturated heterocycles. The Morgan fingerprint density at radius 3 is 2.44 bits per heavy atom. The zero-order valence-electron chi connectivity index (χ0n) is 10.6. The van der Waals surface area contributed by atoms with E-state index in [0.29, 0.717) is 11.3 Å². The van der Waals surface area contributed by atoms with Gasteiger partial charge in [-0.25, -0.2) is 0 Å². The van der Waals surface area contributed by atoms with Crippen molar-refractivity contribution in [2.24, 2.45) is 5.73 Å². The maximum absolute atomic E-state index is 11.5. The lowest BCUT2D eigenvalue weighted by Crippen LogP contribution is -2.35. The van der Waals surface area contributed by atoms with Crippen LogP contribution >= 0.6 is 0 Å². The average Bonchev–Trinajstić information content (AvgIpc) is 2.36. The Labute approximate surface area is 106 Å². The van der Waals surface area contributed by atoms with Gasteiger partial charge < -0.3 is 15.8 Å². The highest BCUT2D eigenvalue weighted by atomic mass is 16.5. The van der Waals surface area contributed by atoms with Gasteiger partial charge in [0.25, 0.3) is 5.91 Å². The van der Waals surface area contributed by atoms with Crippen LogP contribution in [0.5, 0.6) is 5.75 Å². The number of rotatable bonds is 6. The lowest BCUT2D eigenvalue weighted by atomic mass is 10.2. The summed E-state index contributed by atoms with van der Waals surface area (Å²) in [5.41, 5.74) is 5.52. The van der Waals surface area contributed by atoms with E-state index in [9.17, 15) is 9.59 Å². The normalized spacial score (nSPS) is 11.7. The third kappa shape index (κ3) is 4.45. The van der Waals surface area contributed by atoms with Gasteiger partial charge in [0.15, 0.2) is 6.61 Å². The minimum Gasteiger partial charge on any atom is -0.484 e. The summed E-state index contributed by atoms with van der Waals surface area (Å²) in [7, 11) is 0. The lowest BCUT2D eigenvalue weighted by Gasteiger charge is -2.12. The summed E-state index contributed by atoms with van der Waals surface area (Å²) in [4.78, 5) is 22.3. The Morgan fingerprint density at radius 2 is 1.94 bits per heavy atom. The number of carbonyl (C=O) groups excluding carboxylic acids is 2. The van der Waals surface area contributed by atoms with Gasteiger partial charge in [0.05, 0.1) is 0 Å². The molecule has 18 heavy (non-hydrogen) atoms. The molecule has 98 valence electrons. The highest BCUT2D eigenvalue weighted by Crippen LogP contribution is 2.11. The van der Waals surface area contributed by atoms with E-state index in [2.05, 4.69) is 5.32 Å². The molecule has 1 aromatic carbocycles. The second kappa shape index (κ2) is 6.64. The summed E-state index contributed by atoms with van der Waals surface area (Å²) in [5, 5.41) is 2.79. The topological polar surface area (TPSA) is 81.4 Å². The van der Waals surface area contributed by atoms with Crippen molar-refractivity contribution in [3.05, 3.63) is 29.8 Å². The molecular weight excluding hydrogens is 232 g/mol. The maximum Gasteiger partial charge on any atom is 0.258 e. The van der Waals surface area contributed by atoms with Gasteiger partial charge in [-0.05, 0) is 37.6 Å². The minimum absolute atomic E-state index is 0.0414. The Bertz CT molecular complexity index is 415. The number of ether oxygens (including phenoxy) is 1. The van der Waals surface area contributed by atoms with Gasteiger partial charge in [-0.1, -0.05) is 6.92 Å². The quantitative estimate of drug-likeness (QED) is 0.792. The van der Waals surface area contributed by atoms with Crippen LogP contribution in [0.15, 0.2) is 24.3 Å². The first kappa shape index (κ1) is 14.0. The lowest BCUT2D eigenvalue weighted by molar-refractivity contribution is -0.123. The molecule has 0 aliphatic heterocycles. The summed E-state index contributed by atoms with van der Waals surface area (Å²) in [6.07, 6.45) is 0.874. The minimum atomic E-state index is -0.490. The Balaban J connectivity index is 2.44. The van der Waals surface area contributed by atoms with Crippen molar-refractivity contribution in [3.63, 3.8) is 0 Å². The molecule has 0 bridgehead atoms. The number of hydrogen-bond acceptors (Lipinski definition) is 3. The predicted molar refractivity (Wildman–Crippen MR) is 68.4 cm³/mol. The zero-order valence-corrected chi connectivity index (χ0v) is 10.6. The van der Waals surface area contributed by atoms with Gasteiger partial charge in [0.2, 0.25) is 5.91 Å². The number of primary amides is 1. The highest BCUT2D eigenvalue weighted by molar-refractivity contribution is 5.92. The van der Waals surface area contributed by atoms with Crippen LogP contribution in [-0.2, 0) is 4.79 Å². The summed E-state index contributed by atoms with van der Waals surface area (Å²) in [5.74, 6) is -0.126. The van der Waals surface area contributed by atoms with Crippen molar-refractivity contribution < 1.29 is 14.3 Å². The summed E-state index contributed by atoms with van der Waals surface area (Å²) in [6.45, 7) is 3.88. The molecule has 1 rings (SSSR count). The Hall–Kier alpha value is -2.04. The van der Waals surface area contributed by atoms with Crippen LogP contribution in [0, 0.1) is 0 Å². The van der Waals surface area contributed by atoms with Crippen LogP contribution in [0.1, 0.15) is 30.6 Å². The molecule has 2 amide bonds. The van der Waals surface area contributed by atoms with Crippen LogP contribution in [-0.4, -0.2) is 24.5 Å². The molecule has 0 aliphatic rings. The first-order valence-corrected chi connectivity index (χ1v) is 5.85.